The Morgan fingerprint density at radius 1 is 1.31 bits per heavy atom. The summed E-state index contributed by atoms with van der Waals surface area (Å²) in [7, 11) is 0. The number of rotatable bonds is 3. The molecule has 0 heterocycles. The van der Waals surface area contributed by atoms with E-state index >= 15 is 0 Å². The third-order valence-electron chi connectivity index (χ3n) is 3.82. The van der Waals surface area contributed by atoms with Crippen molar-refractivity contribution >= 4 is 11.9 Å². The highest BCUT2D eigenvalue weighted by Crippen LogP contribution is 2.31. The standard InChI is InChI=1S/C11H18N2O3/c12-11(4-1-5-11)10(16)13-8-3-2-7(6-8)9(14)15/h7-8H,1-6,12H2,(H,13,16)(H,14,15). The fourth-order valence-electron chi connectivity index (χ4n) is 2.45. The lowest BCUT2D eigenvalue weighted by Gasteiger charge is -2.37. The van der Waals surface area contributed by atoms with Gasteiger partial charge in [0, 0.05) is 6.04 Å². The molecule has 5 heteroatoms. The summed E-state index contributed by atoms with van der Waals surface area (Å²) in [6.07, 6.45) is 4.43. The number of aliphatic carboxylic acids is 1. The van der Waals surface area contributed by atoms with Crippen LogP contribution in [0.2, 0.25) is 0 Å². The van der Waals surface area contributed by atoms with Gasteiger partial charge >= 0.3 is 5.97 Å². The Balaban J connectivity index is 1.83. The number of carboxylic acid groups (broad SMARTS) is 1. The molecule has 0 bridgehead atoms. The molecule has 16 heavy (non-hydrogen) atoms. The maximum Gasteiger partial charge on any atom is 0.306 e. The number of amides is 1. The van der Waals surface area contributed by atoms with Crippen LogP contribution in [0.15, 0.2) is 0 Å². The average molecular weight is 226 g/mol. The number of nitrogens with two attached hydrogens (primary N) is 1. The molecular weight excluding hydrogens is 208 g/mol. The van der Waals surface area contributed by atoms with Crippen LogP contribution in [0.4, 0.5) is 0 Å². The summed E-state index contributed by atoms with van der Waals surface area (Å²) in [6.45, 7) is 0. The summed E-state index contributed by atoms with van der Waals surface area (Å²) in [6, 6.07) is -0.00498. The number of nitrogens with one attached hydrogen (secondary N) is 1. The molecule has 2 aliphatic rings. The minimum Gasteiger partial charge on any atom is -0.481 e. The Labute approximate surface area is 94.4 Å². The molecule has 2 unspecified atom stereocenters. The van der Waals surface area contributed by atoms with E-state index in [2.05, 4.69) is 5.32 Å². The van der Waals surface area contributed by atoms with E-state index in [1.54, 1.807) is 0 Å². The van der Waals surface area contributed by atoms with Crippen molar-refractivity contribution in [2.24, 2.45) is 11.7 Å². The molecule has 0 aromatic rings. The normalized spacial score (nSPS) is 31.8. The van der Waals surface area contributed by atoms with Gasteiger partial charge in [-0.3, -0.25) is 9.59 Å². The van der Waals surface area contributed by atoms with Gasteiger partial charge in [-0.2, -0.15) is 0 Å². The van der Waals surface area contributed by atoms with Crippen LogP contribution in [-0.4, -0.2) is 28.6 Å². The van der Waals surface area contributed by atoms with Crippen LogP contribution < -0.4 is 11.1 Å². The molecule has 2 atom stereocenters. The van der Waals surface area contributed by atoms with Gasteiger partial charge in [0.25, 0.3) is 0 Å². The number of carboxylic acids is 1. The Bertz CT molecular complexity index is 312. The van der Waals surface area contributed by atoms with Crippen molar-refractivity contribution in [3.63, 3.8) is 0 Å². The zero-order valence-corrected chi connectivity index (χ0v) is 9.24. The topological polar surface area (TPSA) is 92.4 Å². The van der Waals surface area contributed by atoms with Gasteiger partial charge in [-0.1, -0.05) is 0 Å². The summed E-state index contributed by atoms with van der Waals surface area (Å²) in [5.74, 6) is -1.17. The molecular formula is C11H18N2O3. The second-order valence-corrected chi connectivity index (χ2v) is 5.03. The molecule has 2 aliphatic carbocycles. The monoisotopic (exact) mass is 226 g/mol. The number of hydrogen-bond donors (Lipinski definition) is 3. The Morgan fingerprint density at radius 2 is 2.00 bits per heavy atom. The minimum absolute atomic E-state index is 0.00498. The first kappa shape index (κ1) is 11.4. The summed E-state index contributed by atoms with van der Waals surface area (Å²) in [5.41, 5.74) is 5.21. The number of carbonyl (C=O) groups excluding carboxylic acids is 1. The summed E-state index contributed by atoms with van der Waals surface area (Å²) < 4.78 is 0. The third-order valence-corrected chi connectivity index (χ3v) is 3.82. The molecule has 90 valence electrons. The van der Waals surface area contributed by atoms with E-state index < -0.39 is 11.5 Å². The zero-order chi connectivity index (χ0) is 11.8. The van der Waals surface area contributed by atoms with Gasteiger partial charge in [0.05, 0.1) is 11.5 Å². The van der Waals surface area contributed by atoms with Crippen LogP contribution in [0.5, 0.6) is 0 Å². The molecule has 0 aliphatic heterocycles. The first-order valence-corrected chi connectivity index (χ1v) is 5.84. The van der Waals surface area contributed by atoms with Gasteiger partial charge in [0.15, 0.2) is 0 Å². The highest BCUT2D eigenvalue weighted by atomic mass is 16.4. The highest BCUT2D eigenvalue weighted by molar-refractivity contribution is 5.87. The zero-order valence-electron chi connectivity index (χ0n) is 9.24. The van der Waals surface area contributed by atoms with E-state index in [0.717, 1.165) is 25.7 Å². The van der Waals surface area contributed by atoms with E-state index in [1.165, 1.54) is 0 Å². The molecule has 0 aromatic heterocycles. The Hall–Kier alpha value is -1.10. The maximum absolute atomic E-state index is 11.8. The molecule has 2 saturated carbocycles. The predicted octanol–water partition coefficient (Wildman–Crippen LogP) is 0.237. The Kier molecular flexibility index (Phi) is 2.88. The van der Waals surface area contributed by atoms with Crippen molar-refractivity contribution in [2.75, 3.05) is 0 Å². The maximum atomic E-state index is 11.8. The smallest absolute Gasteiger partial charge is 0.306 e. The van der Waals surface area contributed by atoms with E-state index in [-0.39, 0.29) is 17.9 Å². The van der Waals surface area contributed by atoms with Gasteiger partial charge in [-0.05, 0) is 38.5 Å². The molecule has 2 fully saturated rings. The van der Waals surface area contributed by atoms with E-state index in [4.69, 9.17) is 10.8 Å². The molecule has 0 radical (unpaired) electrons. The highest BCUT2D eigenvalue weighted by Gasteiger charge is 2.41. The molecule has 1 amide bonds. The fraction of sp³-hybridized carbons (Fsp3) is 0.818. The van der Waals surface area contributed by atoms with Crippen LogP contribution >= 0.6 is 0 Å². The van der Waals surface area contributed by atoms with Gasteiger partial charge in [-0.25, -0.2) is 0 Å². The minimum atomic E-state index is -0.761. The first-order chi connectivity index (χ1) is 7.51. The largest absolute Gasteiger partial charge is 0.481 e. The lowest BCUT2D eigenvalue weighted by molar-refractivity contribution is -0.141. The quantitative estimate of drug-likeness (QED) is 0.642. The van der Waals surface area contributed by atoms with Gasteiger partial charge in [0.2, 0.25) is 5.91 Å². The second kappa shape index (κ2) is 4.05. The van der Waals surface area contributed by atoms with Crippen molar-refractivity contribution in [2.45, 2.75) is 50.1 Å². The lowest BCUT2D eigenvalue weighted by Crippen LogP contribution is -2.59. The van der Waals surface area contributed by atoms with Crippen LogP contribution in [0, 0.1) is 5.92 Å². The van der Waals surface area contributed by atoms with Crippen molar-refractivity contribution in [1.29, 1.82) is 0 Å². The third kappa shape index (κ3) is 2.04. The predicted molar refractivity (Wildman–Crippen MR) is 57.7 cm³/mol. The van der Waals surface area contributed by atoms with Crippen molar-refractivity contribution in [3.8, 4) is 0 Å². The molecule has 0 spiro atoms. The van der Waals surface area contributed by atoms with Gasteiger partial charge < -0.3 is 16.2 Å². The molecule has 2 rings (SSSR count). The van der Waals surface area contributed by atoms with Crippen LogP contribution in [0.3, 0.4) is 0 Å². The fourth-order valence-corrected chi connectivity index (χ4v) is 2.45. The average Bonchev–Trinajstić information content (AvgIpc) is 2.62. The SMILES string of the molecule is NC1(C(=O)NC2CCC(C(=O)O)C2)CCC1. The van der Waals surface area contributed by atoms with Crippen LogP contribution in [0.1, 0.15) is 38.5 Å². The number of hydrogen-bond acceptors (Lipinski definition) is 3. The summed E-state index contributed by atoms with van der Waals surface area (Å²) in [5, 5.41) is 11.7. The summed E-state index contributed by atoms with van der Waals surface area (Å²) >= 11 is 0. The number of carbonyl (C=O) groups is 2. The van der Waals surface area contributed by atoms with Gasteiger partial charge in [0.1, 0.15) is 0 Å². The van der Waals surface area contributed by atoms with E-state index in [1.807, 2.05) is 0 Å². The van der Waals surface area contributed by atoms with Crippen LogP contribution in [-0.2, 0) is 9.59 Å². The first-order valence-electron chi connectivity index (χ1n) is 5.84. The van der Waals surface area contributed by atoms with Crippen molar-refractivity contribution in [3.05, 3.63) is 0 Å². The molecule has 0 aromatic carbocycles. The lowest BCUT2D eigenvalue weighted by atomic mass is 9.77. The van der Waals surface area contributed by atoms with Gasteiger partial charge in [-0.15, -0.1) is 0 Å². The second-order valence-electron chi connectivity index (χ2n) is 5.03. The molecule has 4 N–H and O–H groups in total. The molecule has 0 saturated heterocycles. The van der Waals surface area contributed by atoms with Crippen molar-refractivity contribution < 1.29 is 14.7 Å². The van der Waals surface area contributed by atoms with Crippen molar-refractivity contribution in [1.82, 2.24) is 5.32 Å². The van der Waals surface area contributed by atoms with Crippen LogP contribution in [0.25, 0.3) is 0 Å². The Morgan fingerprint density at radius 3 is 2.44 bits per heavy atom. The van der Waals surface area contributed by atoms with E-state index in [9.17, 15) is 9.59 Å². The summed E-state index contributed by atoms with van der Waals surface area (Å²) in [4.78, 5) is 22.6. The molecule has 5 nitrogen and oxygen atoms in total. The van der Waals surface area contributed by atoms with E-state index in [0.29, 0.717) is 12.8 Å².